The Bertz CT molecular complexity index is 686. The zero-order chi connectivity index (χ0) is 20.7. The number of ketones is 2. The predicted molar refractivity (Wildman–Crippen MR) is 102 cm³/mol. The molecule has 5 nitrogen and oxygen atoms in total. The minimum atomic E-state index is -4.11. The van der Waals surface area contributed by atoms with Gasteiger partial charge in [-0.25, -0.2) is 0 Å². The van der Waals surface area contributed by atoms with Crippen LogP contribution in [0.1, 0.15) is 45.1 Å². The number of aryl methyl sites for hydroxylation is 1. The maximum atomic E-state index is 14.5. The maximum Gasteiger partial charge on any atom is 0.364 e. The van der Waals surface area contributed by atoms with Crippen LogP contribution in [0, 0.1) is 5.92 Å². The van der Waals surface area contributed by atoms with Crippen molar-refractivity contribution in [1.29, 1.82) is 0 Å². The lowest BCUT2D eigenvalue weighted by molar-refractivity contribution is -0.159. The molecule has 7 heteroatoms. The van der Waals surface area contributed by atoms with Crippen LogP contribution in [-0.4, -0.2) is 42.0 Å². The van der Waals surface area contributed by atoms with Gasteiger partial charge < -0.3 is 10.6 Å². The van der Waals surface area contributed by atoms with Gasteiger partial charge in [0.1, 0.15) is 0 Å². The van der Waals surface area contributed by atoms with Gasteiger partial charge in [-0.2, -0.15) is 8.78 Å². The van der Waals surface area contributed by atoms with E-state index in [0.29, 0.717) is 19.4 Å². The highest BCUT2D eigenvalue weighted by Crippen LogP contribution is 2.24. The molecule has 2 N–H and O–H groups in total. The number of alkyl halides is 2. The Labute approximate surface area is 164 Å². The molecule has 1 saturated heterocycles. The highest BCUT2D eigenvalue weighted by atomic mass is 19.3. The van der Waals surface area contributed by atoms with E-state index in [1.165, 1.54) is 0 Å². The summed E-state index contributed by atoms with van der Waals surface area (Å²) in [5.74, 6) is -8.06. The minimum absolute atomic E-state index is 0.233. The van der Waals surface area contributed by atoms with Crippen molar-refractivity contribution in [3.8, 4) is 0 Å². The van der Waals surface area contributed by atoms with Crippen LogP contribution in [0.15, 0.2) is 30.3 Å². The fourth-order valence-corrected chi connectivity index (χ4v) is 3.28. The van der Waals surface area contributed by atoms with E-state index in [1.807, 2.05) is 30.3 Å². The van der Waals surface area contributed by atoms with E-state index in [2.05, 4.69) is 10.6 Å². The maximum absolute atomic E-state index is 14.5. The number of carbonyl (C=O) groups excluding carboxylic acids is 3. The van der Waals surface area contributed by atoms with Gasteiger partial charge in [-0.15, -0.1) is 0 Å². The van der Waals surface area contributed by atoms with Gasteiger partial charge in [-0.05, 0) is 43.7 Å². The Balaban J connectivity index is 1.96. The van der Waals surface area contributed by atoms with Gasteiger partial charge in [0.2, 0.25) is 17.5 Å². The third kappa shape index (κ3) is 5.67. The number of halogens is 2. The number of benzene rings is 1. The summed E-state index contributed by atoms with van der Waals surface area (Å²) in [6, 6.07) is 7.36. The molecule has 154 valence electrons. The lowest BCUT2D eigenvalue weighted by Crippen LogP contribution is -2.56. The molecular weight excluding hydrogens is 366 g/mol. The number of rotatable bonds is 10. The Hall–Kier alpha value is -2.15. The summed E-state index contributed by atoms with van der Waals surface area (Å²) in [5.41, 5.74) is 0.946. The summed E-state index contributed by atoms with van der Waals surface area (Å²) in [5, 5.41) is 5.38. The highest BCUT2D eigenvalue weighted by molar-refractivity contribution is 6.11. The van der Waals surface area contributed by atoms with Crippen molar-refractivity contribution in [2.24, 2.45) is 5.92 Å². The summed E-state index contributed by atoms with van der Waals surface area (Å²) < 4.78 is 29.0. The van der Waals surface area contributed by atoms with Crippen molar-refractivity contribution < 1.29 is 23.2 Å². The van der Waals surface area contributed by atoms with Crippen LogP contribution in [0.3, 0.4) is 0 Å². The van der Waals surface area contributed by atoms with Gasteiger partial charge in [0, 0.05) is 6.42 Å². The van der Waals surface area contributed by atoms with E-state index in [9.17, 15) is 23.2 Å². The fraction of sp³-hybridized carbons (Fsp3) is 0.571. The van der Waals surface area contributed by atoms with E-state index >= 15 is 0 Å². The molecule has 1 unspecified atom stereocenters. The van der Waals surface area contributed by atoms with Crippen LogP contribution in [0.2, 0.25) is 0 Å². The second-order valence-electron chi connectivity index (χ2n) is 7.58. The van der Waals surface area contributed by atoms with Crippen molar-refractivity contribution in [1.82, 2.24) is 10.6 Å². The Morgan fingerprint density at radius 1 is 1.21 bits per heavy atom. The molecule has 1 aromatic rings. The molecule has 0 radical (unpaired) electrons. The molecule has 1 aliphatic heterocycles. The summed E-state index contributed by atoms with van der Waals surface area (Å²) in [6.07, 6.45) is 1.73. The lowest BCUT2D eigenvalue weighted by Gasteiger charge is -2.26. The summed E-state index contributed by atoms with van der Waals surface area (Å²) >= 11 is 0. The molecule has 1 fully saturated rings. The van der Waals surface area contributed by atoms with E-state index in [1.54, 1.807) is 13.8 Å². The molecule has 2 atom stereocenters. The van der Waals surface area contributed by atoms with Crippen molar-refractivity contribution in [3.63, 3.8) is 0 Å². The van der Waals surface area contributed by atoms with Crippen LogP contribution >= 0.6 is 0 Å². The highest BCUT2D eigenvalue weighted by Gasteiger charge is 2.50. The first-order valence-corrected chi connectivity index (χ1v) is 9.76. The molecule has 1 heterocycles. The largest absolute Gasteiger partial charge is 0.364 e. The number of nitrogens with one attached hydrogen (secondary N) is 2. The number of hydrogen-bond donors (Lipinski definition) is 2. The molecule has 0 aromatic heterocycles. The lowest BCUT2D eigenvalue weighted by atomic mass is 9.92. The van der Waals surface area contributed by atoms with Crippen molar-refractivity contribution in [3.05, 3.63) is 35.9 Å². The normalized spacial score (nSPS) is 18.1. The smallest absolute Gasteiger partial charge is 0.344 e. The van der Waals surface area contributed by atoms with E-state index in [4.69, 9.17) is 0 Å². The van der Waals surface area contributed by atoms with Gasteiger partial charge in [0.15, 0.2) is 0 Å². The van der Waals surface area contributed by atoms with Gasteiger partial charge in [0.05, 0.1) is 12.1 Å². The van der Waals surface area contributed by atoms with Gasteiger partial charge in [0.25, 0.3) is 0 Å². The van der Waals surface area contributed by atoms with Crippen LogP contribution < -0.4 is 10.6 Å². The average molecular weight is 394 g/mol. The van der Waals surface area contributed by atoms with Gasteiger partial charge in [-0.1, -0.05) is 44.2 Å². The third-order valence-electron chi connectivity index (χ3n) is 5.00. The van der Waals surface area contributed by atoms with Crippen LogP contribution in [-0.2, 0) is 20.8 Å². The van der Waals surface area contributed by atoms with E-state index < -0.39 is 47.8 Å². The second kappa shape index (κ2) is 9.87. The molecule has 0 spiro atoms. The molecular formula is C21H28F2N2O3. The summed E-state index contributed by atoms with van der Waals surface area (Å²) in [7, 11) is 0. The zero-order valence-electron chi connectivity index (χ0n) is 16.3. The molecule has 1 amide bonds. The topological polar surface area (TPSA) is 75.3 Å². The standard InChI is InChI=1S/C21H28F2N2O3/c1-14(2)18(25-20(28)16-11-7-13-24-16)19(27)21(22,23)17(26)12-6-10-15-8-4-3-5-9-15/h3-5,8-9,14,16,18,24H,6-7,10-13H2,1-2H3,(H,25,28)/t16-,18?/m0/s1. The van der Waals surface area contributed by atoms with Crippen LogP contribution in [0.25, 0.3) is 0 Å². The molecule has 0 bridgehead atoms. The van der Waals surface area contributed by atoms with Gasteiger partial charge in [-0.3, -0.25) is 14.4 Å². The molecule has 2 rings (SSSR count). The van der Waals surface area contributed by atoms with Crippen molar-refractivity contribution in [2.45, 2.75) is 64.0 Å². The minimum Gasteiger partial charge on any atom is -0.344 e. The summed E-state index contributed by atoms with van der Waals surface area (Å²) in [6.45, 7) is 3.82. The third-order valence-corrected chi connectivity index (χ3v) is 5.00. The first-order chi connectivity index (χ1) is 13.2. The van der Waals surface area contributed by atoms with Crippen LogP contribution in [0.4, 0.5) is 8.78 Å². The fourth-order valence-electron chi connectivity index (χ4n) is 3.28. The first kappa shape index (κ1) is 22.1. The number of Topliss-reactive ketones (excluding diaryl/α,β-unsaturated/α-hetero) is 2. The Morgan fingerprint density at radius 3 is 2.46 bits per heavy atom. The number of carbonyl (C=O) groups is 3. The first-order valence-electron chi connectivity index (χ1n) is 9.76. The quantitative estimate of drug-likeness (QED) is 0.599. The van der Waals surface area contributed by atoms with E-state index in [-0.39, 0.29) is 6.42 Å². The Kier molecular flexibility index (Phi) is 7.80. The molecule has 1 aliphatic rings. The number of amides is 1. The average Bonchev–Trinajstić information content (AvgIpc) is 3.20. The Morgan fingerprint density at radius 2 is 1.89 bits per heavy atom. The monoisotopic (exact) mass is 394 g/mol. The molecule has 28 heavy (non-hydrogen) atoms. The predicted octanol–water partition coefficient (Wildman–Crippen LogP) is 2.68. The molecule has 1 aromatic carbocycles. The number of hydrogen-bond acceptors (Lipinski definition) is 4. The van der Waals surface area contributed by atoms with Gasteiger partial charge >= 0.3 is 5.92 Å². The molecule has 0 saturated carbocycles. The molecule has 0 aliphatic carbocycles. The SMILES string of the molecule is CC(C)C(NC(=O)[C@@H]1CCCN1)C(=O)C(F)(F)C(=O)CCCc1ccccc1. The van der Waals surface area contributed by atoms with Crippen molar-refractivity contribution >= 4 is 17.5 Å². The summed E-state index contributed by atoms with van der Waals surface area (Å²) in [4.78, 5) is 36.7. The second-order valence-corrected chi connectivity index (χ2v) is 7.58. The van der Waals surface area contributed by atoms with E-state index in [0.717, 1.165) is 12.0 Å². The zero-order valence-corrected chi connectivity index (χ0v) is 16.3. The van der Waals surface area contributed by atoms with Crippen molar-refractivity contribution in [2.75, 3.05) is 6.54 Å². The van der Waals surface area contributed by atoms with Crippen LogP contribution in [0.5, 0.6) is 0 Å².